The van der Waals surface area contributed by atoms with E-state index >= 15 is 0 Å². The van der Waals surface area contributed by atoms with Crippen LogP contribution in [0.2, 0.25) is 0 Å². The lowest BCUT2D eigenvalue weighted by molar-refractivity contribution is 0.174. The van der Waals surface area contributed by atoms with Crippen molar-refractivity contribution in [1.29, 1.82) is 0 Å². The van der Waals surface area contributed by atoms with E-state index in [1.165, 1.54) is 71.2 Å². The number of nitrogens with zero attached hydrogens (tertiary/aromatic N) is 2. The van der Waals surface area contributed by atoms with E-state index in [4.69, 9.17) is 0 Å². The Hall–Kier alpha value is -0.120. The Morgan fingerprint density at radius 2 is 1.95 bits per heavy atom. The van der Waals surface area contributed by atoms with Gasteiger partial charge in [0.1, 0.15) is 0 Å². The average Bonchev–Trinajstić information content (AvgIpc) is 2.83. The molecule has 1 saturated heterocycles. The fourth-order valence-electron chi connectivity index (χ4n) is 4.12. The quantitative estimate of drug-likeness (QED) is 0.773. The molecule has 1 aliphatic heterocycles. The van der Waals surface area contributed by atoms with E-state index in [0.717, 1.165) is 17.9 Å². The van der Waals surface area contributed by atoms with Gasteiger partial charge in [-0.25, -0.2) is 0 Å². The van der Waals surface area contributed by atoms with Crippen molar-refractivity contribution in [3.05, 3.63) is 0 Å². The van der Waals surface area contributed by atoms with Gasteiger partial charge >= 0.3 is 0 Å². The number of hydrogen-bond acceptors (Lipinski definition) is 3. The van der Waals surface area contributed by atoms with Gasteiger partial charge in [0.2, 0.25) is 0 Å². The molecule has 20 heavy (non-hydrogen) atoms. The van der Waals surface area contributed by atoms with Crippen LogP contribution in [0.25, 0.3) is 0 Å². The number of nitrogens with one attached hydrogen (secondary N) is 1. The molecule has 1 N–H and O–H groups in total. The molecule has 3 atom stereocenters. The average molecular weight is 281 g/mol. The molecule has 118 valence electrons. The summed E-state index contributed by atoms with van der Waals surface area (Å²) in [4.78, 5) is 5.09. The van der Waals surface area contributed by atoms with Gasteiger partial charge in [-0.1, -0.05) is 19.8 Å². The summed E-state index contributed by atoms with van der Waals surface area (Å²) in [5.41, 5.74) is 0. The van der Waals surface area contributed by atoms with Crippen molar-refractivity contribution in [3.8, 4) is 0 Å². The van der Waals surface area contributed by atoms with Crippen molar-refractivity contribution in [3.63, 3.8) is 0 Å². The Bertz CT molecular complexity index is 269. The van der Waals surface area contributed by atoms with Gasteiger partial charge in [-0.15, -0.1) is 0 Å². The minimum atomic E-state index is 0.775. The van der Waals surface area contributed by atoms with Gasteiger partial charge in [0, 0.05) is 25.7 Å². The first-order chi connectivity index (χ1) is 9.69. The molecule has 3 heteroatoms. The third kappa shape index (κ3) is 5.01. The molecule has 1 heterocycles. The third-order valence-corrected chi connectivity index (χ3v) is 5.17. The second-order valence-electron chi connectivity index (χ2n) is 7.24. The van der Waals surface area contributed by atoms with Gasteiger partial charge in [-0.2, -0.15) is 0 Å². The normalized spacial score (nSPS) is 32.1. The fourth-order valence-corrected chi connectivity index (χ4v) is 4.12. The summed E-state index contributed by atoms with van der Waals surface area (Å²) >= 11 is 0. The van der Waals surface area contributed by atoms with Crippen molar-refractivity contribution in [1.82, 2.24) is 15.1 Å². The van der Waals surface area contributed by atoms with Crippen molar-refractivity contribution >= 4 is 0 Å². The van der Waals surface area contributed by atoms with E-state index in [1.807, 2.05) is 0 Å². The minimum absolute atomic E-state index is 0.775. The van der Waals surface area contributed by atoms with Crippen LogP contribution in [0, 0.1) is 11.8 Å². The predicted octanol–water partition coefficient (Wildman–Crippen LogP) is 2.43. The number of likely N-dealkylation sites (tertiary alicyclic amines) is 1. The van der Waals surface area contributed by atoms with E-state index < -0.39 is 0 Å². The lowest BCUT2D eigenvalue weighted by Crippen LogP contribution is -2.44. The summed E-state index contributed by atoms with van der Waals surface area (Å²) in [6.45, 7) is 8.64. The van der Waals surface area contributed by atoms with Crippen LogP contribution in [0.5, 0.6) is 0 Å². The highest BCUT2D eigenvalue weighted by Crippen LogP contribution is 2.26. The van der Waals surface area contributed by atoms with Crippen LogP contribution in [0.3, 0.4) is 0 Å². The maximum absolute atomic E-state index is 3.79. The van der Waals surface area contributed by atoms with Gasteiger partial charge in [0.15, 0.2) is 0 Å². The molecule has 1 saturated carbocycles. The first-order valence-corrected chi connectivity index (χ1v) is 8.79. The molecule has 1 aliphatic carbocycles. The van der Waals surface area contributed by atoms with Crippen molar-refractivity contribution in [2.24, 2.45) is 11.8 Å². The van der Waals surface area contributed by atoms with Gasteiger partial charge < -0.3 is 15.1 Å². The van der Waals surface area contributed by atoms with Gasteiger partial charge in [0.05, 0.1) is 0 Å². The first kappa shape index (κ1) is 16.3. The second-order valence-corrected chi connectivity index (χ2v) is 7.24. The predicted molar refractivity (Wildman–Crippen MR) is 87.1 cm³/mol. The maximum atomic E-state index is 3.79. The molecule has 2 rings (SSSR count). The fraction of sp³-hybridized carbons (Fsp3) is 1.00. The van der Waals surface area contributed by atoms with Crippen LogP contribution >= 0.6 is 0 Å². The molecule has 2 aliphatic rings. The summed E-state index contributed by atoms with van der Waals surface area (Å²) in [6, 6.07) is 0.775. The summed E-state index contributed by atoms with van der Waals surface area (Å²) in [5, 5.41) is 3.79. The van der Waals surface area contributed by atoms with Crippen LogP contribution in [0.15, 0.2) is 0 Å². The molecule has 0 aromatic rings. The molecule has 0 aromatic carbocycles. The molecular formula is C17H35N3. The molecule has 2 fully saturated rings. The molecule has 3 nitrogen and oxygen atoms in total. The van der Waals surface area contributed by atoms with Crippen LogP contribution in [-0.2, 0) is 0 Å². The Morgan fingerprint density at radius 1 is 1.15 bits per heavy atom. The Labute approximate surface area is 126 Å². The van der Waals surface area contributed by atoms with E-state index in [9.17, 15) is 0 Å². The van der Waals surface area contributed by atoms with Crippen molar-refractivity contribution in [2.45, 2.75) is 51.5 Å². The Morgan fingerprint density at radius 3 is 2.65 bits per heavy atom. The summed E-state index contributed by atoms with van der Waals surface area (Å²) in [5.74, 6) is 1.77. The maximum Gasteiger partial charge on any atom is 0.0107 e. The van der Waals surface area contributed by atoms with Crippen LogP contribution in [0.1, 0.15) is 45.4 Å². The molecule has 3 unspecified atom stereocenters. The third-order valence-electron chi connectivity index (χ3n) is 5.17. The van der Waals surface area contributed by atoms with Crippen LogP contribution in [-0.4, -0.2) is 62.7 Å². The zero-order valence-corrected chi connectivity index (χ0v) is 13.9. The van der Waals surface area contributed by atoms with E-state index in [2.05, 4.69) is 36.1 Å². The largest absolute Gasteiger partial charge is 0.314 e. The summed E-state index contributed by atoms with van der Waals surface area (Å²) < 4.78 is 0. The zero-order chi connectivity index (χ0) is 14.4. The van der Waals surface area contributed by atoms with Gasteiger partial charge in [-0.05, 0) is 64.7 Å². The highest BCUT2D eigenvalue weighted by molar-refractivity contribution is 4.84. The molecular weight excluding hydrogens is 246 g/mol. The van der Waals surface area contributed by atoms with Crippen molar-refractivity contribution in [2.75, 3.05) is 46.8 Å². The molecule has 0 amide bonds. The summed E-state index contributed by atoms with van der Waals surface area (Å²) in [7, 11) is 4.59. The molecule has 0 spiro atoms. The summed E-state index contributed by atoms with van der Waals surface area (Å²) in [6.07, 6.45) is 8.33. The van der Waals surface area contributed by atoms with Crippen molar-refractivity contribution < 1.29 is 0 Å². The number of hydrogen-bond donors (Lipinski definition) is 1. The monoisotopic (exact) mass is 281 g/mol. The van der Waals surface area contributed by atoms with Gasteiger partial charge in [-0.3, -0.25) is 0 Å². The van der Waals surface area contributed by atoms with E-state index in [1.54, 1.807) is 0 Å². The SMILES string of the molecule is CCCNC1CCCCC1CN(C)CC1CCN(C)C1. The Balaban J connectivity index is 1.74. The Kier molecular flexibility index (Phi) is 6.79. The highest BCUT2D eigenvalue weighted by Gasteiger charge is 2.27. The number of rotatable bonds is 7. The minimum Gasteiger partial charge on any atom is -0.314 e. The van der Waals surface area contributed by atoms with E-state index in [-0.39, 0.29) is 0 Å². The molecule has 0 bridgehead atoms. The molecule has 0 radical (unpaired) electrons. The lowest BCUT2D eigenvalue weighted by Gasteiger charge is -2.35. The smallest absolute Gasteiger partial charge is 0.0107 e. The first-order valence-electron chi connectivity index (χ1n) is 8.79. The second kappa shape index (κ2) is 8.35. The van der Waals surface area contributed by atoms with Gasteiger partial charge in [0.25, 0.3) is 0 Å². The van der Waals surface area contributed by atoms with Crippen LogP contribution < -0.4 is 5.32 Å². The zero-order valence-electron chi connectivity index (χ0n) is 13.9. The van der Waals surface area contributed by atoms with Crippen LogP contribution in [0.4, 0.5) is 0 Å². The van der Waals surface area contributed by atoms with E-state index in [0.29, 0.717) is 0 Å². The lowest BCUT2D eigenvalue weighted by atomic mass is 9.84. The highest BCUT2D eigenvalue weighted by atomic mass is 15.2. The molecule has 0 aromatic heterocycles. The standard InChI is InChI=1S/C17H35N3/c1-4-10-18-17-8-6-5-7-16(17)14-20(3)13-15-9-11-19(2)12-15/h15-18H,4-14H2,1-3H3. The topological polar surface area (TPSA) is 18.5 Å².